The van der Waals surface area contributed by atoms with E-state index in [0.29, 0.717) is 11.4 Å². The zero-order valence-electron chi connectivity index (χ0n) is 23.4. The molecule has 2 aliphatic rings. The number of ether oxygens (including phenoxy) is 1. The molecule has 7 heteroatoms. The van der Waals surface area contributed by atoms with Crippen molar-refractivity contribution in [1.29, 1.82) is 0 Å². The molecule has 0 unspecified atom stereocenters. The average Bonchev–Trinajstić information content (AvgIpc) is 3.36. The van der Waals surface area contributed by atoms with Gasteiger partial charge in [-0.2, -0.15) is 0 Å². The van der Waals surface area contributed by atoms with Gasteiger partial charge in [0.2, 0.25) is 0 Å². The van der Waals surface area contributed by atoms with E-state index in [-0.39, 0.29) is 16.9 Å². The van der Waals surface area contributed by atoms with Crippen molar-refractivity contribution in [3.63, 3.8) is 0 Å². The van der Waals surface area contributed by atoms with E-state index >= 15 is 0 Å². The van der Waals surface area contributed by atoms with Crippen molar-refractivity contribution in [1.82, 2.24) is 9.88 Å². The summed E-state index contributed by atoms with van der Waals surface area (Å²) in [6.07, 6.45) is 4.59. The molecule has 0 N–H and O–H groups in total. The number of amides is 1. The number of anilines is 2. The van der Waals surface area contributed by atoms with Crippen LogP contribution in [-0.2, 0) is 12.0 Å². The van der Waals surface area contributed by atoms with E-state index in [1.54, 1.807) is 11.1 Å². The van der Waals surface area contributed by atoms with Crippen LogP contribution in [0.4, 0.5) is 10.8 Å². The van der Waals surface area contributed by atoms with Crippen LogP contribution in [0.15, 0.2) is 54.7 Å². The molecule has 6 nitrogen and oxygen atoms in total. The van der Waals surface area contributed by atoms with Gasteiger partial charge in [0.25, 0.3) is 5.91 Å². The van der Waals surface area contributed by atoms with Gasteiger partial charge in [-0.3, -0.25) is 4.79 Å². The molecule has 3 heterocycles. The summed E-state index contributed by atoms with van der Waals surface area (Å²) in [4.78, 5) is 24.4. The van der Waals surface area contributed by atoms with Crippen LogP contribution >= 0.6 is 11.3 Å². The van der Waals surface area contributed by atoms with Crippen molar-refractivity contribution < 1.29 is 9.53 Å². The molecule has 0 saturated carbocycles. The monoisotopic (exact) mass is 532 g/mol. The third-order valence-corrected chi connectivity index (χ3v) is 9.08. The van der Waals surface area contributed by atoms with Gasteiger partial charge in [-0.25, -0.2) is 4.98 Å². The molecule has 2 aromatic carbocycles. The molecule has 1 saturated heterocycles. The van der Waals surface area contributed by atoms with Gasteiger partial charge in [-0.1, -0.05) is 68.5 Å². The number of rotatable bonds is 5. The van der Waals surface area contributed by atoms with Crippen LogP contribution in [0.5, 0.6) is 5.75 Å². The molecular formula is C31H40N4O2S. The van der Waals surface area contributed by atoms with Gasteiger partial charge >= 0.3 is 0 Å². The maximum Gasteiger partial charge on any atom is 0.265 e. The fraction of sp³-hybridized carbons (Fsp3) is 0.484. The fourth-order valence-corrected chi connectivity index (χ4v) is 6.30. The number of fused-ring (bicyclic) bond motifs is 1. The highest BCUT2D eigenvalue weighted by Gasteiger charge is 2.40. The molecule has 1 amide bonds. The van der Waals surface area contributed by atoms with Gasteiger partial charge in [-0.05, 0) is 35.6 Å². The molecular weight excluding hydrogens is 492 g/mol. The van der Waals surface area contributed by atoms with Crippen molar-refractivity contribution in [3.8, 4) is 5.75 Å². The van der Waals surface area contributed by atoms with Gasteiger partial charge in [0.05, 0.1) is 11.9 Å². The third-order valence-electron chi connectivity index (χ3n) is 8.03. The average molecular weight is 533 g/mol. The molecule has 0 radical (unpaired) electrons. The quantitative estimate of drug-likeness (QED) is 0.383. The van der Waals surface area contributed by atoms with E-state index in [1.807, 2.05) is 14.0 Å². The van der Waals surface area contributed by atoms with Crippen LogP contribution in [0.2, 0.25) is 0 Å². The summed E-state index contributed by atoms with van der Waals surface area (Å²) in [5.74, 6) is 1.02. The maximum absolute atomic E-state index is 12.5. The molecule has 2 aliphatic heterocycles. The topological polar surface area (TPSA) is 48.9 Å². The number of thiazole rings is 1. The number of nitrogens with zero attached hydrogens (tertiary/aromatic N) is 4. The van der Waals surface area contributed by atoms with Crippen LogP contribution in [0.25, 0.3) is 0 Å². The minimum absolute atomic E-state index is 0.0431. The highest BCUT2D eigenvalue weighted by Crippen LogP contribution is 2.42. The Kier molecular flexibility index (Phi) is 7.40. The van der Waals surface area contributed by atoms with Crippen LogP contribution in [0, 0.1) is 0 Å². The molecule has 5 rings (SSSR count). The van der Waals surface area contributed by atoms with Crippen molar-refractivity contribution in [2.24, 2.45) is 0 Å². The lowest BCUT2D eigenvalue weighted by Gasteiger charge is -2.41. The number of aromatic nitrogens is 1. The predicted molar refractivity (Wildman–Crippen MR) is 157 cm³/mol. The molecule has 0 bridgehead atoms. The summed E-state index contributed by atoms with van der Waals surface area (Å²) < 4.78 is 6.84. The second-order valence-electron chi connectivity index (χ2n) is 11.7. The lowest BCUT2D eigenvalue weighted by atomic mass is 9.86. The SMILES string of the molecule is CCN(C)C(=O)c1cnc(N2CCC3(CC2)CCN(Cc2ccc(C(C)(C)C)cc2)c2ccccc2O3)s1. The van der Waals surface area contributed by atoms with Gasteiger partial charge in [0, 0.05) is 59.0 Å². The van der Waals surface area contributed by atoms with Crippen LogP contribution in [0.1, 0.15) is 67.8 Å². The molecule has 38 heavy (non-hydrogen) atoms. The molecule has 0 aliphatic carbocycles. The molecule has 202 valence electrons. The van der Waals surface area contributed by atoms with Gasteiger partial charge in [-0.15, -0.1) is 0 Å². The Morgan fingerprint density at radius 2 is 1.74 bits per heavy atom. The fourth-order valence-electron chi connectivity index (χ4n) is 5.34. The number of hydrogen-bond acceptors (Lipinski definition) is 6. The van der Waals surface area contributed by atoms with Gasteiger partial charge < -0.3 is 19.4 Å². The van der Waals surface area contributed by atoms with Gasteiger partial charge in [0.1, 0.15) is 16.2 Å². The Morgan fingerprint density at radius 1 is 1.05 bits per heavy atom. The predicted octanol–water partition coefficient (Wildman–Crippen LogP) is 6.36. The number of piperidine rings is 1. The zero-order valence-corrected chi connectivity index (χ0v) is 24.2. The number of carbonyl (C=O) groups excluding carboxylic acids is 1. The summed E-state index contributed by atoms with van der Waals surface area (Å²) in [5.41, 5.74) is 3.83. The highest BCUT2D eigenvalue weighted by atomic mass is 32.1. The normalized spacial score (nSPS) is 17.1. The Bertz CT molecular complexity index is 1260. The Labute approximate surface area is 231 Å². The number of benzene rings is 2. The van der Waals surface area contributed by atoms with Gasteiger partial charge in [0.15, 0.2) is 5.13 Å². The smallest absolute Gasteiger partial charge is 0.265 e. The summed E-state index contributed by atoms with van der Waals surface area (Å²) in [7, 11) is 1.83. The molecule has 3 aromatic rings. The lowest BCUT2D eigenvalue weighted by Crippen LogP contribution is -2.48. The summed E-state index contributed by atoms with van der Waals surface area (Å²) in [6.45, 7) is 13.0. The van der Waals surface area contributed by atoms with Crippen molar-refractivity contribution >= 4 is 28.1 Å². The van der Waals surface area contributed by atoms with E-state index < -0.39 is 0 Å². The Morgan fingerprint density at radius 3 is 2.42 bits per heavy atom. The first-order valence-electron chi connectivity index (χ1n) is 13.8. The molecule has 1 fully saturated rings. The number of para-hydroxylation sites is 2. The van der Waals surface area contributed by atoms with Crippen molar-refractivity contribution in [2.45, 2.75) is 64.5 Å². The standard InChI is InChI=1S/C31H40N4O2S/c1-6-33(5)28(36)27-21-32-29(38-27)34-18-15-31(16-19-34)17-20-35(25-9-7-8-10-26(25)37-31)22-23-11-13-24(14-12-23)30(2,3)4/h7-14,21H,6,15-20,22H2,1-5H3. The van der Waals surface area contributed by atoms with E-state index in [0.717, 1.165) is 56.3 Å². The Hall–Kier alpha value is -3.06. The number of hydrogen-bond donors (Lipinski definition) is 0. The summed E-state index contributed by atoms with van der Waals surface area (Å²) >= 11 is 1.50. The second-order valence-corrected chi connectivity index (χ2v) is 12.7. The van der Waals surface area contributed by atoms with Crippen LogP contribution in [-0.4, -0.2) is 54.6 Å². The first-order valence-corrected chi connectivity index (χ1v) is 14.6. The summed E-state index contributed by atoms with van der Waals surface area (Å²) in [5, 5.41) is 0.932. The minimum atomic E-state index is -0.185. The molecule has 0 atom stereocenters. The van der Waals surface area contributed by atoms with Crippen LogP contribution in [0.3, 0.4) is 0 Å². The van der Waals surface area contributed by atoms with E-state index in [9.17, 15) is 4.79 Å². The summed E-state index contributed by atoms with van der Waals surface area (Å²) in [6, 6.07) is 17.6. The second kappa shape index (κ2) is 10.6. The van der Waals surface area contributed by atoms with Crippen molar-refractivity contribution in [2.75, 3.05) is 43.0 Å². The van der Waals surface area contributed by atoms with E-state index in [4.69, 9.17) is 4.74 Å². The third kappa shape index (κ3) is 5.53. The van der Waals surface area contributed by atoms with E-state index in [2.05, 4.69) is 84.1 Å². The van der Waals surface area contributed by atoms with Crippen LogP contribution < -0.4 is 14.5 Å². The maximum atomic E-state index is 12.5. The largest absolute Gasteiger partial charge is 0.485 e. The first kappa shape index (κ1) is 26.5. The highest BCUT2D eigenvalue weighted by molar-refractivity contribution is 7.17. The zero-order chi connectivity index (χ0) is 26.9. The first-order chi connectivity index (χ1) is 18.2. The van der Waals surface area contributed by atoms with Crippen molar-refractivity contribution in [3.05, 3.63) is 70.7 Å². The number of carbonyl (C=O) groups is 1. The molecule has 1 spiro atoms. The molecule has 1 aromatic heterocycles. The Balaban J connectivity index is 1.28. The minimum Gasteiger partial charge on any atom is -0.485 e. The van der Waals surface area contributed by atoms with E-state index in [1.165, 1.54) is 28.2 Å². The lowest BCUT2D eigenvalue weighted by molar-refractivity contribution is 0.0411.